The molecule has 7 nitrogen and oxygen atoms in total. The summed E-state index contributed by atoms with van der Waals surface area (Å²) in [6.45, 7) is 2.12. The van der Waals surface area contributed by atoms with Gasteiger partial charge in [0.15, 0.2) is 5.76 Å². The monoisotopic (exact) mass is 503 g/mol. The molecular weight excluding hydrogens is 481 g/mol. The standard InChI is InChI=1S/C27H22FN3O4S/c1-2-34-23-10-6-4-8-20(23)24-21(15-29)27(30)35-25-19-7-3-5-9-22(19)31(36(32,33)26(24)25)16-17-11-13-18(28)14-12-17/h3-14,24H,2,16,30H2,1H3. The van der Waals surface area contributed by atoms with Crippen molar-refractivity contribution in [3.8, 4) is 11.8 Å². The number of fused-ring (bicyclic) bond motifs is 2. The zero-order chi connectivity index (χ0) is 25.4. The average molecular weight is 504 g/mol. The van der Waals surface area contributed by atoms with Gasteiger partial charge in [-0.25, -0.2) is 12.8 Å². The van der Waals surface area contributed by atoms with Crippen LogP contribution in [0.5, 0.6) is 5.75 Å². The summed E-state index contributed by atoms with van der Waals surface area (Å²) in [6, 6.07) is 21.6. The van der Waals surface area contributed by atoms with Crippen molar-refractivity contribution in [1.82, 2.24) is 0 Å². The molecule has 3 aromatic rings. The number of allylic oxidation sites excluding steroid dienone is 2. The summed E-state index contributed by atoms with van der Waals surface area (Å²) in [5, 5.41) is 10.0. The second-order valence-electron chi connectivity index (χ2n) is 8.24. The summed E-state index contributed by atoms with van der Waals surface area (Å²) in [6.07, 6.45) is 0. The summed E-state index contributed by atoms with van der Waals surface area (Å²) in [7, 11) is -4.24. The summed E-state index contributed by atoms with van der Waals surface area (Å²) in [5.74, 6) is -1.11. The van der Waals surface area contributed by atoms with Gasteiger partial charge in [-0.2, -0.15) is 5.26 Å². The molecule has 0 fully saturated rings. The molecule has 0 saturated heterocycles. The Morgan fingerprint density at radius 1 is 1.08 bits per heavy atom. The third-order valence-electron chi connectivity index (χ3n) is 6.13. The highest BCUT2D eigenvalue weighted by Crippen LogP contribution is 2.52. The Labute approximate surface area is 208 Å². The van der Waals surface area contributed by atoms with E-state index in [0.717, 1.165) is 0 Å². The lowest BCUT2D eigenvalue weighted by Gasteiger charge is -2.38. The number of nitriles is 1. The molecule has 2 N–H and O–H groups in total. The van der Waals surface area contributed by atoms with Gasteiger partial charge in [-0.1, -0.05) is 42.5 Å². The van der Waals surface area contributed by atoms with Crippen molar-refractivity contribution < 1.29 is 22.3 Å². The number of anilines is 1. The molecule has 0 saturated carbocycles. The molecule has 0 spiro atoms. The van der Waals surface area contributed by atoms with Gasteiger partial charge in [-0.3, -0.25) is 4.31 Å². The Balaban J connectivity index is 1.76. The van der Waals surface area contributed by atoms with E-state index in [1.54, 1.807) is 48.5 Å². The number of nitrogens with zero attached hydrogens (tertiary/aromatic N) is 2. The SMILES string of the molecule is CCOc1ccccc1C1C(C#N)=C(N)OC2=C1S(=O)(=O)N(Cc1ccc(F)cc1)c1ccccc12. The van der Waals surface area contributed by atoms with E-state index >= 15 is 0 Å². The number of hydrogen-bond acceptors (Lipinski definition) is 6. The van der Waals surface area contributed by atoms with Gasteiger partial charge >= 0.3 is 0 Å². The van der Waals surface area contributed by atoms with Crippen LogP contribution in [-0.4, -0.2) is 15.0 Å². The smallest absolute Gasteiger partial charge is 0.265 e. The van der Waals surface area contributed by atoms with Gasteiger partial charge in [-0.15, -0.1) is 0 Å². The minimum Gasteiger partial charge on any atom is -0.494 e. The van der Waals surface area contributed by atoms with Crippen LogP contribution in [0.15, 0.2) is 89.2 Å². The fourth-order valence-corrected chi connectivity index (χ4v) is 6.46. The van der Waals surface area contributed by atoms with Crippen molar-refractivity contribution in [2.45, 2.75) is 19.4 Å². The Morgan fingerprint density at radius 2 is 1.78 bits per heavy atom. The first-order chi connectivity index (χ1) is 17.4. The molecule has 1 atom stereocenters. The molecule has 2 aliphatic heterocycles. The molecule has 36 heavy (non-hydrogen) atoms. The van der Waals surface area contributed by atoms with Crippen LogP contribution < -0.4 is 14.8 Å². The van der Waals surface area contributed by atoms with Crippen LogP contribution in [-0.2, 0) is 21.3 Å². The maximum absolute atomic E-state index is 14.3. The second kappa shape index (κ2) is 9.06. The molecule has 0 aliphatic carbocycles. The third kappa shape index (κ3) is 3.76. The Bertz CT molecular complexity index is 1560. The predicted octanol–water partition coefficient (Wildman–Crippen LogP) is 4.75. The minimum atomic E-state index is -4.24. The number of hydrogen-bond donors (Lipinski definition) is 1. The maximum atomic E-state index is 14.3. The fourth-order valence-electron chi connectivity index (χ4n) is 4.55. The molecule has 2 heterocycles. The molecule has 5 rings (SSSR count). The summed E-state index contributed by atoms with van der Waals surface area (Å²) >= 11 is 0. The number of nitrogens with two attached hydrogens (primary N) is 1. The van der Waals surface area contributed by atoms with Crippen LogP contribution >= 0.6 is 0 Å². The van der Waals surface area contributed by atoms with Gasteiger partial charge in [0.05, 0.1) is 24.8 Å². The van der Waals surface area contributed by atoms with Gasteiger partial charge < -0.3 is 15.2 Å². The van der Waals surface area contributed by atoms with E-state index in [4.69, 9.17) is 15.2 Å². The van der Waals surface area contributed by atoms with Gasteiger partial charge in [0.25, 0.3) is 10.0 Å². The van der Waals surface area contributed by atoms with E-state index in [1.807, 2.05) is 6.92 Å². The van der Waals surface area contributed by atoms with Crippen molar-refractivity contribution in [1.29, 1.82) is 5.26 Å². The van der Waals surface area contributed by atoms with Crippen LogP contribution in [0.1, 0.15) is 29.5 Å². The summed E-state index contributed by atoms with van der Waals surface area (Å²) in [4.78, 5) is -0.0961. The average Bonchev–Trinajstić information content (AvgIpc) is 2.87. The zero-order valence-corrected chi connectivity index (χ0v) is 20.1. The molecular formula is C27H22FN3O4S. The van der Waals surface area contributed by atoms with Crippen LogP contribution in [0, 0.1) is 17.1 Å². The highest BCUT2D eigenvalue weighted by atomic mass is 32.2. The van der Waals surface area contributed by atoms with Gasteiger partial charge in [0.2, 0.25) is 5.88 Å². The maximum Gasteiger partial charge on any atom is 0.265 e. The van der Waals surface area contributed by atoms with Gasteiger partial charge in [-0.05, 0) is 42.8 Å². The van der Waals surface area contributed by atoms with Gasteiger partial charge in [0.1, 0.15) is 28.1 Å². The van der Waals surface area contributed by atoms with Crippen molar-refractivity contribution in [2.75, 3.05) is 10.9 Å². The number of rotatable bonds is 5. The molecule has 2 aliphatic rings. The highest BCUT2D eigenvalue weighted by molar-refractivity contribution is 7.96. The van der Waals surface area contributed by atoms with Crippen LogP contribution in [0.4, 0.5) is 10.1 Å². The zero-order valence-electron chi connectivity index (χ0n) is 19.3. The lowest BCUT2D eigenvalue weighted by Crippen LogP contribution is -2.39. The fraction of sp³-hybridized carbons (Fsp3) is 0.148. The topological polar surface area (TPSA) is 106 Å². The molecule has 0 bridgehead atoms. The quantitative estimate of drug-likeness (QED) is 0.539. The lowest BCUT2D eigenvalue weighted by atomic mass is 9.87. The molecule has 182 valence electrons. The van der Waals surface area contributed by atoms with Crippen LogP contribution in [0.3, 0.4) is 0 Å². The normalized spacial score (nSPS) is 18.1. The molecule has 0 radical (unpaired) electrons. The van der Waals surface area contributed by atoms with Crippen LogP contribution in [0.2, 0.25) is 0 Å². The second-order valence-corrected chi connectivity index (χ2v) is 10.1. The summed E-state index contributed by atoms with van der Waals surface area (Å²) in [5.41, 5.74) is 8.15. The summed E-state index contributed by atoms with van der Waals surface area (Å²) < 4.78 is 55.0. The van der Waals surface area contributed by atoms with E-state index < -0.39 is 21.8 Å². The predicted molar refractivity (Wildman–Crippen MR) is 133 cm³/mol. The van der Waals surface area contributed by atoms with E-state index in [2.05, 4.69) is 6.07 Å². The number of benzene rings is 3. The van der Waals surface area contributed by atoms with Crippen molar-refractivity contribution in [3.05, 3.63) is 112 Å². The Kier molecular flexibility index (Phi) is 5.90. The Hall–Kier alpha value is -4.29. The first kappa shape index (κ1) is 23.5. The van der Waals surface area contributed by atoms with Crippen molar-refractivity contribution in [3.63, 3.8) is 0 Å². The number of para-hydroxylation sites is 2. The van der Waals surface area contributed by atoms with Crippen molar-refractivity contribution in [2.24, 2.45) is 5.73 Å². The van der Waals surface area contributed by atoms with E-state index in [9.17, 15) is 18.1 Å². The highest BCUT2D eigenvalue weighted by Gasteiger charge is 2.47. The number of ether oxygens (including phenoxy) is 2. The lowest BCUT2D eigenvalue weighted by molar-refractivity contribution is 0.333. The first-order valence-corrected chi connectivity index (χ1v) is 12.7. The van der Waals surface area contributed by atoms with E-state index in [-0.39, 0.29) is 28.7 Å². The molecule has 1 unspecified atom stereocenters. The molecule has 9 heteroatoms. The molecule has 0 aromatic heterocycles. The largest absolute Gasteiger partial charge is 0.494 e. The van der Waals surface area contributed by atoms with Crippen LogP contribution in [0.25, 0.3) is 5.76 Å². The Morgan fingerprint density at radius 3 is 2.50 bits per heavy atom. The third-order valence-corrected chi connectivity index (χ3v) is 8.01. The first-order valence-electron chi connectivity index (χ1n) is 11.3. The number of halogens is 1. The minimum absolute atomic E-state index is 0.0226. The van der Waals surface area contributed by atoms with Crippen molar-refractivity contribution >= 4 is 21.5 Å². The number of sulfonamides is 1. The molecule has 0 amide bonds. The van der Waals surface area contributed by atoms with Gasteiger partial charge in [0, 0.05) is 11.1 Å². The molecule has 3 aromatic carbocycles. The van der Waals surface area contributed by atoms with E-state index in [1.165, 1.54) is 28.6 Å². The van der Waals surface area contributed by atoms with E-state index in [0.29, 0.717) is 34.7 Å².